The molecule has 0 bridgehead atoms. The molecular formula is C18H19ClN2O6. The Labute approximate surface area is 161 Å². The number of benzene rings is 1. The van der Waals surface area contributed by atoms with Crippen molar-refractivity contribution < 1.29 is 28.5 Å². The molecule has 1 heterocycles. The molecule has 0 aliphatic carbocycles. The average molecular weight is 395 g/mol. The Bertz CT molecular complexity index is 785. The Balaban J connectivity index is 1.91. The van der Waals surface area contributed by atoms with Crippen molar-refractivity contribution in [1.29, 1.82) is 0 Å². The Morgan fingerprint density at radius 3 is 2.26 bits per heavy atom. The van der Waals surface area contributed by atoms with Gasteiger partial charge in [-0.25, -0.2) is 9.78 Å². The molecule has 2 rings (SSSR count). The standard InChI is InChI=1S/C18H19ClN2O6/c1-24-13-6-11(7-14(25-2)17(13)26-3)8-21-16(22)10-27-18(23)12-4-5-15(19)20-9-12/h4-7,9H,8,10H2,1-3H3,(H,21,22). The molecule has 0 radical (unpaired) electrons. The number of aromatic nitrogens is 1. The van der Waals surface area contributed by atoms with Crippen LogP contribution in [0.25, 0.3) is 0 Å². The zero-order valence-electron chi connectivity index (χ0n) is 15.1. The molecule has 8 nitrogen and oxygen atoms in total. The van der Waals surface area contributed by atoms with Crippen LogP contribution in [0.2, 0.25) is 5.15 Å². The fourth-order valence-corrected chi connectivity index (χ4v) is 2.31. The second-order valence-corrected chi connectivity index (χ2v) is 5.64. The van der Waals surface area contributed by atoms with E-state index < -0.39 is 18.5 Å². The van der Waals surface area contributed by atoms with E-state index in [1.54, 1.807) is 12.1 Å². The Kier molecular flexibility index (Phi) is 7.25. The third-order valence-electron chi connectivity index (χ3n) is 3.51. The largest absolute Gasteiger partial charge is 0.493 e. The Hall–Kier alpha value is -3.00. The Morgan fingerprint density at radius 2 is 1.74 bits per heavy atom. The molecule has 1 N–H and O–H groups in total. The van der Waals surface area contributed by atoms with Gasteiger partial charge in [-0.2, -0.15) is 0 Å². The minimum atomic E-state index is -0.665. The lowest BCUT2D eigenvalue weighted by Crippen LogP contribution is -2.28. The second-order valence-electron chi connectivity index (χ2n) is 5.26. The van der Waals surface area contributed by atoms with Crippen molar-refractivity contribution in [3.63, 3.8) is 0 Å². The normalized spacial score (nSPS) is 10.1. The number of halogens is 1. The quantitative estimate of drug-likeness (QED) is 0.541. The average Bonchev–Trinajstić information content (AvgIpc) is 2.69. The first-order chi connectivity index (χ1) is 13.0. The molecule has 27 heavy (non-hydrogen) atoms. The molecule has 0 aliphatic rings. The number of hydrogen-bond acceptors (Lipinski definition) is 7. The lowest BCUT2D eigenvalue weighted by Gasteiger charge is -2.14. The third-order valence-corrected chi connectivity index (χ3v) is 3.74. The van der Waals surface area contributed by atoms with Crippen LogP contribution in [0.4, 0.5) is 0 Å². The van der Waals surface area contributed by atoms with Gasteiger partial charge in [-0.05, 0) is 29.8 Å². The number of nitrogens with zero attached hydrogens (tertiary/aromatic N) is 1. The highest BCUT2D eigenvalue weighted by Crippen LogP contribution is 2.38. The van der Waals surface area contributed by atoms with Crippen LogP contribution in [0.15, 0.2) is 30.5 Å². The van der Waals surface area contributed by atoms with Gasteiger partial charge in [0, 0.05) is 12.7 Å². The first-order valence-corrected chi connectivity index (χ1v) is 8.20. The third kappa shape index (κ3) is 5.49. The number of pyridine rings is 1. The number of nitrogens with one attached hydrogen (secondary N) is 1. The van der Waals surface area contributed by atoms with E-state index in [0.717, 1.165) is 5.56 Å². The van der Waals surface area contributed by atoms with E-state index in [0.29, 0.717) is 17.2 Å². The topological polar surface area (TPSA) is 96.0 Å². The van der Waals surface area contributed by atoms with E-state index in [9.17, 15) is 9.59 Å². The summed E-state index contributed by atoms with van der Waals surface area (Å²) in [5.74, 6) is 0.284. The van der Waals surface area contributed by atoms with Gasteiger partial charge in [0.15, 0.2) is 18.1 Å². The summed E-state index contributed by atoms with van der Waals surface area (Å²) < 4.78 is 20.7. The molecule has 144 valence electrons. The number of methoxy groups -OCH3 is 3. The van der Waals surface area contributed by atoms with Crippen molar-refractivity contribution in [3.8, 4) is 17.2 Å². The zero-order chi connectivity index (χ0) is 19.8. The second kappa shape index (κ2) is 9.63. The number of rotatable bonds is 8. The predicted molar refractivity (Wildman–Crippen MR) is 97.5 cm³/mol. The van der Waals surface area contributed by atoms with E-state index in [-0.39, 0.29) is 17.3 Å². The molecule has 0 atom stereocenters. The number of hydrogen-bond donors (Lipinski definition) is 1. The zero-order valence-corrected chi connectivity index (χ0v) is 15.8. The molecule has 0 saturated carbocycles. The number of ether oxygens (including phenoxy) is 4. The fraction of sp³-hybridized carbons (Fsp3) is 0.278. The van der Waals surface area contributed by atoms with Crippen LogP contribution in [0.1, 0.15) is 15.9 Å². The molecular weight excluding hydrogens is 376 g/mol. The summed E-state index contributed by atoms with van der Waals surface area (Å²) in [6, 6.07) is 6.36. The maximum atomic E-state index is 11.9. The smallest absolute Gasteiger partial charge is 0.340 e. The van der Waals surface area contributed by atoms with Gasteiger partial charge in [-0.15, -0.1) is 0 Å². The summed E-state index contributed by atoms with van der Waals surface area (Å²) in [6.45, 7) is -0.235. The van der Waals surface area contributed by atoms with Crippen LogP contribution in [-0.4, -0.2) is 44.8 Å². The minimum absolute atomic E-state index is 0.190. The molecule has 0 spiro atoms. The maximum absolute atomic E-state index is 11.9. The lowest BCUT2D eigenvalue weighted by atomic mass is 10.1. The molecule has 9 heteroatoms. The predicted octanol–water partition coefficient (Wildman–Crippen LogP) is 2.23. The van der Waals surface area contributed by atoms with E-state index in [1.807, 2.05) is 0 Å². The van der Waals surface area contributed by atoms with Crippen LogP contribution in [0, 0.1) is 0 Å². The van der Waals surface area contributed by atoms with Gasteiger partial charge in [0.25, 0.3) is 5.91 Å². The van der Waals surface area contributed by atoms with E-state index in [2.05, 4.69) is 10.3 Å². The van der Waals surface area contributed by atoms with Crippen LogP contribution in [-0.2, 0) is 16.1 Å². The summed E-state index contributed by atoms with van der Waals surface area (Å²) >= 11 is 5.65. The van der Waals surface area contributed by atoms with Gasteiger partial charge >= 0.3 is 5.97 Å². The van der Waals surface area contributed by atoms with Gasteiger partial charge in [0.05, 0.1) is 26.9 Å². The van der Waals surface area contributed by atoms with Crippen molar-refractivity contribution in [1.82, 2.24) is 10.3 Å². The molecule has 1 amide bonds. The summed E-state index contributed by atoms with van der Waals surface area (Å²) in [7, 11) is 4.52. The van der Waals surface area contributed by atoms with Crippen molar-refractivity contribution in [2.24, 2.45) is 0 Å². The summed E-state index contributed by atoms with van der Waals surface area (Å²) in [6.07, 6.45) is 1.28. The molecule has 0 fully saturated rings. The summed E-state index contributed by atoms with van der Waals surface area (Å²) in [5, 5.41) is 2.91. The first kappa shape index (κ1) is 20.3. The summed E-state index contributed by atoms with van der Waals surface area (Å²) in [4.78, 5) is 27.5. The van der Waals surface area contributed by atoms with Crippen LogP contribution < -0.4 is 19.5 Å². The maximum Gasteiger partial charge on any atom is 0.340 e. The van der Waals surface area contributed by atoms with E-state index in [1.165, 1.54) is 39.7 Å². The molecule has 0 aliphatic heterocycles. The first-order valence-electron chi connectivity index (χ1n) is 7.82. The number of esters is 1. The van der Waals surface area contributed by atoms with Crippen LogP contribution >= 0.6 is 11.6 Å². The van der Waals surface area contributed by atoms with Gasteiger partial charge in [0.1, 0.15) is 5.15 Å². The van der Waals surface area contributed by atoms with Gasteiger partial charge in [-0.1, -0.05) is 11.6 Å². The fourth-order valence-electron chi connectivity index (χ4n) is 2.20. The highest BCUT2D eigenvalue weighted by atomic mass is 35.5. The minimum Gasteiger partial charge on any atom is -0.493 e. The molecule has 1 aromatic carbocycles. The lowest BCUT2D eigenvalue weighted by molar-refractivity contribution is -0.124. The highest BCUT2D eigenvalue weighted by molar-refractivity contribution is 6.29. The molecule has 0 saturated heterocycles. The number of amides is 1. The van der Waals surface area contributed by atoms with Gasteiger partial charge < -0.3 is 24.3 Å². The van der Waals surface area contributed by atoms with Crippen molar-refractivity contribution >= 4 is 23.5 Å². The molecule has 1 aromatic heterocycles. The van der Waals surface area contributed by atoms with Crippen LogP contribution in [0.3, 0.4) is 0 Å². The van der Waals surface area contributed by atoms with E-state index in [4.69, 9.17) is 30.5 Å². The van der Waals surface area contributed by atoms with Gasteiger partial charge in [-0.3, -0.25) is 4.79 Å². The highest BCUT2D eigenvalue weighted by Gasteiger charge is 2.14. The van der Waals surface area contributed by atoms with Crippen molar-refractivity contribution in [2.45, 2.75) is 6.54 Å². The molecule has 2 aromatic rings. The van der Waals surface area contributed by atoms with Crippen molar-refractivity contribution in [2.75, 3.05) is 27.9 Å². The van der Waals surface area contributed by atoms with Gasteiger partial charge in [0.2, 0.25) is 5.75 Å². The SMILES string of the molecule is COc1cc(CNC(=O)COC(=O)c2ccc(Cl)nc2)cc(OC)c1OC. The number of carbonyl (C=O) groups excluding carboxylic acids is 2. The van der Waals surface area contributed by atoms with Crippen LogP contribution in [0.5, 0.6) is 17.2 Å². The van der Waals surface area contributed by atoms with E-state index >= 15 is 0 Å². The Morgan fingerprint density at radius 1 is 1.07 bits per heavy atom. The summed E-state index contributed by atoms with van der Waals surface area (Å²) in [5.41, 5.74) is 0.933. The van der Waals surface area contributed by atoms with Crippen molar-refractivity contribution in [3.05, 3.63) is 46.7 Å². The number of carbonyl (C=O) groups is 2. The monoisotopic (exact) mass is 394 g/mol. The molecule has 0 unspecified atom stereocenters.